The third kappa shape index (κ3) is 4.89. The maximum absolute atomic E-state index is 9.72. The molecule has 1 unspecified atom stereocenters. The van der Waals surface area contributed by atoms with Crippen molar-refractivity contribution >= 4 is 11.8 Å². The van der Waals surface area contributed by atoms with E-state index < -0.39 is 5.54 Å². The largest absolute Gasteiger partial charge is 0.293 e. The highest BCUT2D eigenvalue weighted by Crippen LogP contribution is 2.27. The van der Waals surface area contributed by atoms with Crippen molar-refractivity contribution in [3.8, 4) is 6.07 Å². The second kappa shape index (κ2) is 7.57. The van der Waals surface area contributed by atoms with Gasteiger partial charge in [0.15, 0.2) is 0 Å². The Morgan fingerprint density at radius 3 is 2.32 bits per heavy atom. The molecule has 0 saturated carbocycles. The van der Waals surface area contributed by atoms with Crippen molar-refractivity contribution in [2.45, 2.75) is 39.3 Å². The Morgan fingerprint density at radius 1 is 1.21 bits per heavy atom. The molecule has 19 heavy (non-hydrogen) atoms. The normalized spacial score (nSPS) is 14.4. The smallest absolute Gasteiger partial charge is 0.141 e. The maximum atomic E-state index is 9.72. The first-order chi connectivity index (χ1) is 9.00. The van der Waals surface area contributed by atoms with Gasteiger partial charge in [-0.2, -0.15) is 17.0 Å². The van der Waals surface area contributed by atoms with E-state index in [-0.39, 0.29) is 6.04 Å². The Balaban J connectivity index is 2.92. The fraction of sp³-hybridized carbons (Fsp3) is 0.562. The molecule has 0 fully saturated rings. The highest BCUT2D eigenvalue weighted by molar-refractivity contribution is 7.99. The summed E-state index contributed by atoms with van der Waals surface area (Å²) in [4.78, 5) is 0. The Bertz CT molecular complexity index is 409. The lowest BCUT2D eigenvalue weighted by molar-refractivity contribution is 0.425. The van der Waals surface area contributed by atoms with Gasteiger partial charge in [0.25, 0.3) is 0 Å². The van der Waals surface area contributed by atoms with E-state index in [1.54, 1.807) is 0 Å². The molecule has 0 amide bonds. The van der Waals surface area contributed by atoms with E-state index >= 15 is 0 Å². The van der Waals surface area contributed by atoms with Crippen LogP contribution in [0.4, 0.5) is 0 Å². The van der Waals surface area contributed by atoms with Crippen molar-refractivity contribution in [1.82, 2.24) is 5.32 Å². The predicted molar refractivity (Wildman–Crippen MR) is 84.2 cm³/mol. The van der Waals surface area contributed by atoms with Crippen molar-refractivity contribution < 1.29 is 0 Å². The van der Waals surface area contributed by atoms with Gasteiger partial charge in [0.2, 0.25) is 0 Å². The molecule has 0 aliphatic rings. The first kappa shape index (κ1) is 16.1. The highest BCUT2D eigenvalue weighted by Gasteiger charge is 2.32. The highest BCUT2D eigenvalue weighted by atomic mass is 32.2. The predicted octanol–water partition coefficient (Wildman–Crippen LogP) is 3.79. The Labute approximate surface area is 121 Å². The molecular formula is C16H24N2S. The van der Waals surface area contributed by atoms with Crippen LogP contribution >= 0.6 is 11.8 Å². The molecule has 0 bridgehead atoms. The van der Waals surface area contributed by atoms with E-state index in [9.17, 15) is 5.26 Å². The van der Waals surface area contributed by atoms with Crippen LogP contribution in [0.3, 0.4) is 0 Å². The molecule has 2 nitrogen and oxygen atoms in total. The first-order valence-corrected chi connectivity index (χ1v) is 7.98. The van der Waals surface area contributed by atoms with Crippen molar-refractivity contribution in [2.75, 3.05) is 11.5 Å². The Morgan fingerprint density at radius 2 is 1.84 bits per heavy atom. The number of benzene rings is 1. The summed E-state index contributed by atoms with van der Waals surface area (Å²) < 4.78 is 0. The van der Waals surface area contributed by atoms with Gasteiger partial charge in [0, 0.05) is 11.8 Å². The van der Waals surface area contributed by atoms with Crippen LogP contribution in [0.1, 0.15) is 33.3 Å². The Kier molecular flexibility index (Phi) is 6.41. The number of hydrogen-bond donors (Lipinski definition) is 1. The summed E-state index contributed by atoms with van der Waals surface area (Å²) in [7, 11) is 0. The van der Waals surface area contributed by atoms with Crippen LogP contribution in [0, 0.1) is 17.2 Å². The number of nitriles is 1. The fourth-order valence-corrected chi connectivity index (χ4v) is 3.21. The molecule has 0 spiro atoms. The Hall–Kier alpha value is -0.980. The molecule has 3 heteroatoms. The van der Waals surface area contributed by atoms with Gasteiger partial charge in [0.05, 0.1) is 6.07 Å². The molecule has 1 rings (SSSR count). The lowest BCUT2D eigenvalue weighted by Crippen LogP contribution is -2.47. The van der Waals surface area contributed by atoms with Gasteiger partial charge in [0.1, 0.15) is 5.54 Å². The summed E-state index contributed by atoms with van der Waals surface area (Å²) in [5, 5.41) is 13.2. The lowest BCUT2D eigenvalue weighted by Gasteiger charge is -2.30. The van der Waals surface area contributed by atoms with Crippen LogP contribution in [-0.4, -0.2) is 17.5 Å². The van der Waals surface area contributed by atoms with Crippen LogP contribution in [0.15, 0.2) is 30.3 Å². The average Bonchev–Trinajstić information content (AvgIpc) is 2.37. The molecule has 1 atom stereocenters. The van der Waals surface area contributed by atoms with Gasteiger partial charge < -0.3 is 0 Å². The van der Waals surface area contributed by atoms with Crippen molar-refractivity contribution in [3.63, 3.8) is 0 Å². The van der Waals surface area contributed by atoms with Crippen molar-refractivity contribution in [3.05, 3.63) is 35.9 Å². The molecule has 0 aliphatic heterocycles. The molecule has 104 valence electrons. The second-order valence-corrected chi connectivity index (χ2v) is 6.62. The molecular weight excluding hydrogens is 252 g/mol. The van der Waals surface area contributed by atoms with E-state index in [2.05, 4.69) is 39.1 Å². The molecule has 0 radical (unpaired) electrons. The van der Waals surface area contributed by atoms with Crippen LogP contribution < -0.4 is 5.32 Å². The van der Waals surface area contributed by atoms with Gasteiger partial charge in [-0.25, -0.2) is 0 Å². The van der Waals surface area contributed by atoms with Crippen LogP contribution in [-0.2, 0) is 5.54 Å². The van der Waals surface area contributed by atoms with Crippen LogP contribution in [0.2, 0.25) is 0 Å². The zero-order valence-electron chi connectivity index (χ0n) is 12.3. The topological polar surface area (TPSA) is 35.8 Å². The van der Waals surface area contributed by atoms with Gasteiger partial charge in [-0.1, -0.05) is 44.2 Å². The third-order valence-electron chi connectivity index (χ3n) is 2.76. The second-order valence-electron chi connectivity index (χ2n) is 5.59. The van der Waals surface area contributed by atoms with Crippen molar-refractivity contribution in [1.29, 1.82) is 5.26 Å². The molecule has 0 heterocycles. The van der Waals surface area contributed by atoms with E-state index in [0.29, 0.717) is 5.92 Å². The summed E-state index contributed by atoms with van der Waals surface area (Å²) in [5.74, 6) is 2.51. The summed E-state index contributed by atoms with van der Waals surface area (Å²) in [5.41, 5.74) is 0.470. The van der Waals surface area contributed by atoms with Gasteiger partial charge in [-0.3, -0.25) is 5.32 Å². The molecule has 0 aliphatic carbocycles. The minimum Gasteiger partial charge on any atom is -0.293 e. The number of hydrogen-bond acceptors (Lipinski definition) is 3. The lowest BCUT2D eigenvalue weighted by atomic mass is 9.92. The standard InChI is InChI=1S/C16H24N2S/c1-13(2)10-19-12-16(11-17,18-14(3)4)15-8-6-5-7-9-15/h5-9,13-14,18H,10,12H2,1-4H3. The molecule has 1 aromatic rings. The zero-order chi connectivity index (χ0) is 14.3. The SMILES string of the molecule is CC(C)CSCC(C#N)(NC(C)C)c1ccccc1. The van der Waals surface area contributed by atoms with Crippen LogP contribution in [0.25, 0.3) is 0 Å². The maximum Gasteiger partial charge on any atom is 0.141 e. The summed E-state index contributed by atoms with van der Waals surface area (Å²) >= 11 is 1.84. The van der Waals surface area contributed by atoms with Gasteiger partial charge in [-0.15, -0.1) is 0 Å². The molecule has 1 aromatic carbocycles. The molecule has 0 saturated heterocycles. The third-order valence-corrected chi connectivity index (χ3v) is 4.30. The fourth-order valence-electron chi connectivity index (χ4n) is 2.00. The number of nitrogens with one attached hydrogen (secondary N) is 1. The van der Waals surface area contributed by atoms with E-state index in [0.717, 1.165) is 17.1 Å². The zero-order valence-corrected chi connectivity index (χ0v) is 13.1. The van der Waals surface area contributed by atoms with E-state index in [1.807, 2.05) is 42.1 Å². The van der Waals surface area contributed by atoms with Gasteiger partial charge >= 0.3 is 0 Å². The van der Waals surface area contributed by atoms with Gasteiger partial charge in [-0.05, 0) is 31.1 Å². The minimum absolute atomic E-state index is 0.277. The number of nitrogens with zero attached hydrogens (tertiary/aromatic N) is 1. The molecule has 1 N–H and O–H groups in total. The summed E-state index contributed by atoms with van der Waals surface area (Å²) in [6.07, 6.45) is 0. The summed E-state index contributed by atoms with van der Waals surface area (Å²) in [6.45, 7) is 8.59. The van der Waals surface area contributed by atoms with E-state index in [1.165, 1.54) is 0 Å². The minimum atomic E-state index is -0.588. The average molecular weight is 276 g/mol. The number of rotatable bonds is 7. The van der Waals surface area contributed by atoms with Crippen molar-refractivity contribution in [2.24, 2.45) is 5.92 Å². The monoisotopic (exact) mass is 276 g/mol. The summed E-state index contributed by atoms with van der Waals surface area (Å²) in [6, 6.07) is 12.8. The molecule has 0 aromatic heterocycles. The van der Waals surface area contributed by atoms with E-state index in [4.69, 9.17) is 0 Å². The quantitative estimate of drug-likeness (QED) is 0.823. The first-order valence-electron chi connectivity index (χ1n) is 6.82. The van der Waals surface area contributed by atoms with Crippen LogP contribution in [0.5, 0.6) is 0 Å². The number of thioether (sulfide) groups is 1.